The first kappa shape index (κ1) is 15.2. The number of rotatable bonds is 5. The fourth-order valence-electron chi connectivity index (χ4n) is 2.91. The molecule has 2 atom stereocenters. The smallest absolute Gasteiger partial charge is 0.211 e. The molecule has 2 aliphatic rings. The lowest BCUT2D eigenvalue weighted by atomic mass is 9.99. The van der Waals surface area contributed by atoms with E-state index in [0.29, 0.717) is 25.1 Å². The molecule has 0 bridgehead atoms. The second kappa shape index (κ2) is 7.02. The van der Waals surface area contributed by atoms with E-state index in [-0.39, 0.29) is 0 Å². The van der Waals surface area contributed by atoms with Crippen LogP contribution in [-0.4, -0.2) is 57.9 Å². The van der Waals surface area contributed by atoms with Crippen LogP contribution in [0.5, 0.6) is 0 Å². The average molecular weight is 290 g/mol. The second-order valence-corrected chi connectivity index (χ2v) is 7.76. The third-order valence-electron chi connectivity index (χ3n) is 4.03. The lowest BCUT2D eigenvalue weighted by Gasteiger charge is -2.31. The van der Waals surface area contributed by atoms with Crippen molar-refractivity contribution < 1.29 is 13.2 Å². The maximum atomic E-state index is 11.5. The number of hydrogen-bond acceptors (Lipinski definition) is 4. The highest BCUT2D eigenvalue weighted by molar-refractivity contribution is 7.88. The highest BCUT2D eigenvalue weighted by Gasteiger charge is 2.25. The van der Waals surface area contributed by atoms with Crippen LogP contribution in [0.25, 0.3) is 0 Å². The Balaban J connectivity index is 1.67. The molecule has 0 radical (unpaired) electrons. The fraction of sp³-hybridized carbons (Fsp3) is 1.00. The van der Waals surface area contributed by atoms with E-state index in [0.717, 1.165) is 39.0 Å². The van der Waals surface area contributed by atoms with E-state index in [4.69, 9.17) is 4.74 Å². The van der Waals surface area contributed by atoms with Crippen molar-refractivity contribution in [1.82, 2.24) is 9.62 Å². The molecule has 2 rings (SSSR count). The van der Waals surface area contributed by atoms with Crippen LogP contribution in [0.3, 0.4) is 0 Å². The van der Waals surface area contributed by atoms with E-state index in [2.05, 4.69) is 5.32 Å². The van der Waals surface area contributed by atoms with Crippen molar-refractivity contribution in [3.05, 3.63) is 0 Å². The van der Waals surface area contributed by atoms with E-state index >= 15 is 0 Å². The van der Waals surface area contributed by atoms with Gasteiger partial charge >= 0.3 is 0 Å². The van der Waals surface area contributed by atoms with Crippen LogP contribution >= 0.6 is 0 Å². The highest BCUT2D eigenvalue weighted by Crippen LogP contribution is 2.18. The normalized spacial score (nSPS) is 30.4. The summed E-state index contributed by atoms with van der Waals surface area (Å²) >= 11 is 0. The van der Waals surface area contributed by atoms with Crippen molar-refractivity contribution in [2.75, 3.05) is 39.0 Å². The van der Waals surface area contributed by atoms with E-state index in [1.54, 1.807) is 4.31 Å². The van der Waals surface area contributed by atoms with Crippen LogP contribution in [0.1, 0.15) is 32.1 Å². The summed E-state index contributed by atoms with van der Waals surface area (Å²) in [6.07, 6.45) is 7.33. The number of piperidine rings is 1. The minimum atomic E-state index is -3.02. The van der Waals surface area contributed by atoms with Crippen molar-refractivity contribution in [3.8, 4) is 0 Å². The topological polar surface area (TPSA) is 58.6 Å². The summed E-state index contributed by atoms with van der Waals surface area (Å²) in [5.74, 6) is 0.437. The molecule has 2 fully saturated rings. The van der Waals surface area contributed by atoms with Gasteiger partial charge in [0.05, 0.1) is 12.4 Å². The van der Waals surface area contributed by atoms with Gasteiger partial charge in [0.2, 0.25) is 10.0 Å². The van der Waals surface area contributed by atoms with E-state index < -0.39 is 10.0 Å². The summed E-state index contributed by atoms with van der Waals surface area (Å²) in [4.78, 5) is 0. The maximum Gasteiger partial charge on any atom is 0.211 e. The first-order valence-electron chi connectivity index (χ1n) is 7.33. The van der Waals surface area contributed by atoms with Crippen LogP contribution < -0.4 is 5.32 Å². The molecule has 0 aromatic heterocycles. The quantitative estimate of drug-likeness (QED) is 0.814. The van der Waals surface area contributed by atoms with Gasteiger partial charge < -0.3 is 10.1 Å². The predicted molar refractivity (Wildman–Crippen MR) is 75.6 cm³/mol. The molecule has 19 heavy (non-hydrogen) atoms. The Morgan fingerprint density at radius 1 is 1.21 bits per heavy atom. The SMILES string of the molecule is CS(=O)(=O)N1CCCC(CNCC2CCCCO2)C1. The molecule has 2 unspecified atom stereocenters. The Bertz CT molecular complexity index is 366. The Labute approximate surface area is 116 Å². The third kappa shape index (κ3) is 5.02. The molecular weight excluding hydrogens is 264 g/mol. The van der Waals surface area contributed by atoms with Gasteiger partial charge in [-0.25, -0.2) is 12.7 Å². The molecule has 1 N–H and O–H groups in total. The van der Waals surface area contributed by atoms with Crippen LogP contribution in [0, 0.1) is 5.92 Å². The summed E-state index contributed by atoms with van der Waals surface area (Å²) in [6.45, 7) is 4.03. The largest absolute Gasteiger partial charge is 0.377 e. The van der Waals surface area contributed by atoms with Crippen molar-refractivity contribution in [2.45, 2.75) is 38.2 Å². The molecule has 0 amide bonds. The van der Waals surface area contributed by atoms with E-state index in [1.165, 1.54) is 19.1 Å². The third-order valence-corrected chi connectivity index (χ3v) is 5.30. The number of nitrogens with zero attached hydrogens (tertiary/aromatic N) is 1. The van der Waals surface area contributed by atoms with Gasteiger partial charge in [-0.1, -0.05) is 0 Å². The van der Waals surface area contributed by atoms with Gasteiger partial charge in [-0.2, -0.15) is 0 Å². The number of nitrogens with one attached hydrogen (secondary N) is 1. The van der Waals surface area contributed by atoms with Crippen LogP contribution in [0.15, 0.2) is 0 Å². The highest BCUT2D eigenvalue weighted by atomic mass is 32.2. The molecule has 0 aliphatic carbocycles. The molecular formula is C13H26N2O3S. The molecule has 6 heteroatoms. The molecule has 0 saturated carbocycles. The van der Waals surface area contributed by atoms with Crippen molar-refractivity contribution >= 4 is 10.0 Å². The minimum Gasteiger partial charge on any atom is -0.377 e. The lowest BCUT2D eigenvalue weighted by Crippen LogP contribution is -2.43. The second-order valence-electron chi connectivity index (χ2n) is 5.78. The number of hydrogen-bond donors (Lipinski definition) is 1. The van der Waals surface area contributed by atoms with E-state index in [9.17, 15) is 8.42 Å². The Kier molecular flexibility index (Phi) is 5.62. The summed E-state index contributed by atoms with van der Waals surface area (Å²) in [6, 6.07) is 0. The standard InChI is InChI=1S/C13H26N2O3S/c1-19(16,17)15-7-4-5-12(11-15)9-14-10-13-6-2-3-8-18-13/h12-14H,2-11H2,1H3. The van der Waals surface area contributed by atoms with Gasteiger partial charge in [0.25, 0.3) is 0 Å². The van der Waals surface area contributed by atoms with E-state index in [1.807, 2.05) is 0 Å². The fourth-order valence-corrected chi connectivity index (χ4v) is 3.85. The van der Waals surface area contributed by atoms with Gasteiger partial charge in [0.15, 0.2) is 0 Å². The number of sulfonamides is 1. The summed E-state index contributed by atoms with van der Waals surface area (Å²) in [5, 5.41) is 3.45. The molecule has 5 nitrogen and oxygen atoms in total. The molecule has 0 spiro atoms. The van der Waals surface area contributed by atoms with Gasteiger partial charge in [-0.15, -0.1) is 0 Å². The summed E-state index contributed by atoms with van der Waals surface area (Å²) in [7, 11) is -3.02. The molecule has 0 aromatic rings. The Hall–Kier alpha value is -0.170. The van der Waals surface area contributed by atoms with Crippen molar-refractivity contribution in [1.29, 1.82) is 0 Å². The minimum absolute atomic E-state index is 0.350. The zero-order chi connectivity index (χ0) is 13.7. The molecule has 2 heterocycles. The van der Waals surface area contributed by atoms with Gasteiger partial charge in [0.1, 0.15) is 0 Å². The molecule has 2 aliphatic heterocycles. The maximum absolute atomic E-state index is 11.5. The van der Waals surface area contributed by atoms with Gasteiger partial charge in [0, 0.05) is 26.2 Å². The molecule has 2 saturated heterocycles. The zero-order valence-corrected chi connectivity index (χ0v) is 12.6. The lowest BCUT2D eigenvalue weighted by molar-refractivity contribution is 0.0162. The monoisotopic (exact) mass is 290 g/mol. The van der Waals surface area contributed by atoms with Crippen molar-refractivity contribution in [3.63, 3.8) is 0 Å². The number of ether oxygens (including phenoxy) is 1. The Morgan fingerprint density at radius 2 is 2.05 bits per heavy atom. The van der Waals surface area contributed by atoms with Crippen LogP contribution in [0.4, 0.5) is 0 Å². The molecule has 0 aromatic carbocycles. The van der Waals surface area contributed by atoms with Crippen LogP contribution in [0.2, 0.25) is 0 Å². The average Bonchev–Trinajstić information content (AvgIpc) is 2.39. The summed E-state index contributed by atoms with van der Waals surface area (Å²) in [5.41, 5.74) is 0. The Morgan fingerprint density at radius 3 is 2.74 bits per heavy atom. The summed E-state index contributed by atoms with van der Waals surface area (Å²) < 4.78 is 30.4. The van der Waals surface area contributed by atoms with Gasteiger partial charge in [-0.05, 0) is 44.6 Å². The zero-order valence-electron chi connectivity index (χ0n) is 11.8. The predicted octanol–water partition coefficient (Wildman–Crippen LogP) is 0.817. The van der Waals surface area contributed by atoms with Crippen LogP contribution in [-0.2, 0) is 14.8 Å². The van der Waals surface area contributed by atoms with Gasteiger partial charge in [-0.3, -0.25) is 0 Å². The van der Waals surface area contributed by atoms with Crippen molar-refractivity contribution in [2.24, 2.45) is 5.92 Å². The first-order chi connectivity index (χ1) is 9.05. The first-order valence-corrected chi connectivity index (χ1v) is 9.18. The molecule has 112 valence electrons.